The zero-order valence-electron chi connectivity index (χ0n) is 21.1. The normalized spacial score (nSPS) is 20.1. The molecule has 10 nitrogen and oxygen atoms in total. The molecule has 6 rings (SSSR count). The van der Waals surface area contributed by atoms with E-state index < -0.39 is 11.9 Å². The molecule has 200 valence electrons. The molecule has 38 heavy (non-hydrogen) atoms. The first-order chi connectivity index (χ1) is 18.3. The van der Waals surface area contributed by atoms with Crippen molar-refractivity contribution < 1.29 is 17.9 Å². The first-order valence-electron chi connectivity index (χ1n) is 12.8. The van der Waals surface area contributed by atoms with E-state index in [1.807, 2.05) is 0 Å². The first-order valence-corrected chi connectivity index (χ1v) is 12.8. The van der Waals surface area contributed by atoms with Crippen molar-refractivity contribution in [1.29, 1.82) is 0 Å². The van der Waals surface area contributed by atoms with Gasteiger partial charge in [0.25, 0.3) is 0 Å². The van der Waals surface area contributed by atoms with Crippen LogP contribution in [0.25, 0.3) is 17.0 Å². The van der Waals surface area contributed by atoms with E-state index in [9.17, 15) is 13.2 Å². The summed E-state index contributed by atoms with van der Waals surface area (Å²) in [6, 6.07) is 1.09. The monoisotopic (exact) mass is 527 g/mol. The lowest BCUT2D eigenvalue weighted by molar-refractivity contribution is -0.141. The van der Waals surface area contributed by atoms with Crippen LogP contribution in [-0.4, -0.2) is 53.0 Å². The van der Waals surface area contributed by atoms with E-state index in [0.29, 0.717) is 52.8 Å². The second-order valence-electron chi connectivity index (χ2n) is 10.1. The summed E-state index contributed by atoms with van der Waals surface area (Å²) in [5, 5.41) is 12.0. The van der Waals surface area contributed by atoms with Crippen LogP contribution in [0.2, 0.25) is 0 Å². The largest absolute Gasteiger partial charge is 0.480 e. The highest BCUT2D eigenvalue weighted by Gasteiger charge is 2.36. The minimum absolute atomic E-state index is 0.0293. The molecule has 0 radical (unpaired) electrons. The van der Waals surface area contributed by atoms with Crippen molar-refractivity contribution in [3.05, 3.63) is 41.9 Å². The number of alkyl halides is 3. The highest BCUT2D eigenvalue weighted by Crippen LogP contribution is 2.45. The summed E-state index contributed by atoms with van der Waals surface area (Å²) in [5.41, 5.74) is 1.91. The van der Waals surface area contributed by atoms with Gasteiger partial charge in [-0.2, -0.15) is 18.3 Å². The van der Waals surface area contributed by atoms with Gasteiger partial charge in [0.05, 0.1) is 18.8 Å². The summed E-state index contributed by atoms with van der Waals surface area (Å²) < 4.78 is 48.0. The van der Waals surface area contributed by atoms with E-state index in [4.69, 9.17) is 9.72 Å². The number of nitrogens with zero attached hydrogens (tertiary/aromatic N) is 8. The first kappa shape index (κ1) is 24.6. The third-order valence-electron chi connectivity index (χ3n) is 7.41. The molecule has 2 aliphatic carbocycles. The molecular weight excluding hydrogens is 499 g/mol. The van der Waals surface area contributed by atoms with Crippen molar-refractivity contribution in [2.24, 2.45) is 5.92 Å². The van der Waals surface area contributed by atoms with Crippen molar-refractivity contribution in [3.63, 3.8) is 0 Å². The fourth-order valence-corrected chi connectivity index (χ4v) is 5.30. The van der Waals surface area contributed by atoms with Crippen molar-refractivity contribution in [2.75, 3.05) is 19.0 Å². The molecular formula is C25H28F3N9O. The zero-order chi connectivity index (χ0) is 26.4. The van der Waals surface area contributed by atoms with E-state index in [2.05, 4.69) is 30.5 Å². The Kier molecular flexibility index (Phi) is 6.15. The van der Waals surface area contributed by atoms with Gasteiger partial charge in [-0.25, -0.2) is 24.5 Å². The molecule has 4 aromatic rings. The predicted molar refractivity (Wildman–Crippen MR) is 132 cm³/mol. The molecule has 2 saturated carbocycles. The van der Waals surface area contributed by atoms with E-state index >= 15 is 0 Å². The Morgan fingerprint density at radius 3 is 2.53 bits per heavy atom. The maximum absolute atomic E-state index is 13.1. The summed E-state index contributed by atoms with van der Waals surface area (Å²) in [6.45, 7) is 2.34. The van der Waals surface area contributed by atoms with Gasteiger partial charge in [0.2, 0.25) is 5.88 Å². The second-order valence-corrected chi connectivity index (χ2v) is 10.1. The standard InChI is InChI=1S/C25H28F3N9O/c1-14-11-18(25(26,27)28)34-37(14)17-7-3-15(4-8-17)12-30-22-23-29-9-10-36(23)35-21(33-22)19-20(16-5-6-16)31-13-32-24(19)38-2/h9-11,13,15-17H,3-8,12H2,1-2H3,(H,30,33,35). The van der Waals surface area contributed by atoms with Crippen LogP contribution in [0.3, 0.4) is 0 Å². The number of nitrogens with one attached hydrogen (secondary N) is 1. The van der Waals surface area contributed by atoms with Gasteiger partial charge < -0.3 is 10.1 Å². The number of halogens is 3. The molecule has 0 spiro atoms. The van der Waals surface area contributed by atoms with Gasteiger partial charge in [-0.1, -0.05) is 0 Å². The molecule has 0 aliphatic heterocycles. The number of hydrogen-bond donors (Lipinski definition) is 1. The average Bonchev–Trinajstić information content (AvgIpc) is 3.51. The number of ether oxygens (including phenoxy) is 1. The van der Waals surface area contributed by atoms with Gasteiger partial charge in [-0.3, -0.25) is 4.68 Å². The predicted octanol–water partition coefficient (Wildman–Crippen LogP) is 4.83. The molecule has 0 bridgehead atoms. The molecule has 1 N–H and O–H groups in total. The zero-order valence-corrected chi connectivity index (χ0v) is 21.1. The van der Waals surface area contributed by atoms with E-state index in [1.54, 1.807) is 35.6 Å². The summed E-state index contributed by atoms with van der Waals surface area (Å²) >= 11 is 0. The van der Waals surface area contributed by atoms with Gasteiger partial charge >= 0.3 is 6.18 Å². The number of aromatic nitrogens is 8. The minimum Gasteiger partial charge on any atom is -0.480 e. The summed E-state index contributed by atoms with van der Waals surface area (Å²) in [6.07, 6.45) is 5.91. The molecule has 0 atom stereocenters. The van der Waals surface area contributed by atoms with Crippen molar-refractivity contribution >= 4 is 11.5 Å². The van der Waals surface area contributed by atoms with Crippen LogP contribution in [0.1, 0.15) is 67.6 Å². The van der Waals surface area contributed by atoms with Gasteiger partial charge in [0, 0.05) is 30.6 Å². The lowest BCUT2D eigenvalue weighted by atomic mass is 9.86. The maximum Gasteiger partial charge on any atom is 0.435 e. The van der Waals surface area contributed by atoms with E-state index in [1.165, 1.54) is 6.33 Å². The Balaban J connectivity index is 1.19. The number of anilines is 1. The van der Waals surface area contributed by atoms with Crippen LogP contribution in [0.15, 0.2) is 24.8 Å². The summed E-state index contributed by atoms with van der Waals surface area (Å²) in [7, 11) is 1.57. The third-order valence-corrected chi connectivity index (χ3v) is 7.41. The lowest BCUT2D eigenvalue weighted by Gasteiger charge is -2.29. The van der Waals surface area contributed by atoms with Gasteiger partial charge in [-0.15, -0.1) is 5.10 Å². The highest BCUT2D eigenvalue weighted by atomic mass is 19.4. The fraction of sp³-hybridized carbons (Fsp3) is 0.520. The Bertz CT molecular complexity index is 1450. The molecule has 0 unspecified atom stereocenters. The number of fused-ring (bicyclic) bond motifs is 1. The van der Waals surface area contributed by atoms with Crippen LogP contribution in [0, 0.1) is 12.8 Å². The van der Waals surface area contributed by atoms with Crippen LogP contribution < -0.4 is 10.1 Å². The van der Waals surface area contributed by atoms with E-state index in [-0.39, 0.29) is 6.04 Å². The number of methoxy groups -OCH3 is 1. The summed E-state index contributed by atoms with van der Waals surface area (Å²) in [4.78, 5) is 18.0. The average molecular weight is 528 g/mol. The van der Waals surface area contributed by atoms with Gasteiger partial charge in [0.15, 0.2) is 23.0 Å². The quantitative estimate of drug-likeness (QED) is 0.364. The van der Waals surface area contributed by atoms with Crippen molar-refractivity contribution in [2.45, 2.75) is 63.6 Å². The molecule has 2 fully saturated rings. The SMILES string of the molecule is COc1ncnc(C2CC2)c1-c1nc(NCC2CCC(n3nc(C(F)(F)F)cc3C)CC2)c2nccn2n1. The lowest BCUT2D eigenvalue weighted by Crippen LogP contribution is -2.25. The van der Waals surface area contributed by atoms with Crippen LogP contribution in [-0.2, 0) is 6.18 Å². The smallest absolute Gasteiger partial charge is 0.435 e. The molecule has 4 heterocycles. The Morgan fingerprint density at radius 2 is 1.84 bits per heavy atom. The molecule has 4 aromatic heterocycles. The van der Waals surface area contributed by atoms with Crippen molar-refractivity contribution in [1.82, 2.24) is 39.3 Å². The van der Waals surface area contributed by atoms with Crippen LogP contribution in [0.4, 0.5) is 19.0 Å². The van der Waals surface area contributed by atoms with Crippen LogP contribution in [0.5, 0.6) is 5.88 Å². The van der Waals surface area contributed by atoms with Gasteiger partial charge in [0.1, 0.15) is 11.9 Å². The minimum atomic E-state index is -4.43. The van der Waals surface area contributed by atoms with Crippen molar-refractivity contribution in [3.8, 4) is 17.3 Å². The maximum atomic E-state index is 13.1. The number of rotatable bonds is 7. The molecule has 2 aliphatic rings. The molecule has 0 amide bonds. The Hall–Kier alpha value is -3.77. The highest BCUT2D eigenvalue weighted by molar-refractivity contribution is 5.70. The van der Waals surface area contributed by atoms with Gasteiger partial charge in [-0.05, 0) is 57.4 Å². The molecule has 0 aromatic carbocycles. The topological polar surface area (TPSA) is 108 Å². The molecule has 13 heteroatoms. The fourth-order valence-electron chi connectivity index (χ4n) is 5.30. The Morgan fingerprint density at radius 1 is 1.05 bits per heavy atom. The second kappa shape index (κ2) is 9.52. The van der Waals surface area contributed by atoms with E-state index in [0.717, 1.165) is 50.3 Å². The summed E-state index contributed by atoms with van der Waals surface area (Å²) in [5.74, 6) is 2.20. The third kappa shape index (κ3) is 4.65. The number of hydrogen-bond acceptors (Lipinski definition) is 8. The molecule has 0 saturated heterocycles. The Labute approximate surface area is 216 Å². The number of aryl methyl sites for hydroxylation is 1. The van der Waals surface area contributed by atoms with Crippen LogP contribution >= 0.6 is 0 Å². The number of imidazole rings is 1.